The Labute approximate surface area is 133 Å². The molecule has 0 aliphatic carbocycles. The van der Waals surface area contributed by atoms with Crippen molar-refractivity contribution in [1.29, 1.82) is 0 Å². The molecular weight excluding hydrogens is 296 g/mol. The van der Waals surface area contributed by atoms with Gasteiger partial charge in [0.1, 0.15) is 5.01 Å². The van der Waals surface area contributed by atoms with E-state index in [1.807, 2.05) is 18.2 Å². The Kier molecular flexibility index (Phi) is 4.58. The van der Waals surface area contributed by atoms with Crippen molar-refractivity contribution in [2.75, 3.05) is 11.6 Å². The van der Waals surface area contributed by atoms with Gasteiger partial charge in [0.15, 0.2) is 0 Å². The molecule has 21 heavy (non-hydrogen) atoms. The first kappa shape index (κ1) is 14.2. The summed E-state index contributed by atoms with van der Waals surface area (Å²) in [5, 5.41) is 6.69. The fraction of sp³-hybridized carbons (Fsp3) is 0.118. The normalized spacial score (nSPS) is 10.5. The lowest BCUT2D eigenvalue weighted by atomic mass is 10.2. The average molecular weight is 312 g/mol. The molecule has 0 aliphatic rings. The van der Waals surface area contributed by atoms with Crippen molar-refractivity contribution in [3.8, 4) is 11.3 Å². The molecule has 1 N–H and O–H groups in total. The number of anilines is 1. The van der Waals surface area contributed by atoms with Crippen LogP contribution in [0, 0.1) is 0 Å². The molecule has 3 rings (SSSR count). The first-order valence-electron chi connectivity index (χ1n) is 6.73. The fourth-order valence-corrected chi connectivity index (χ4v) is 3.41. The maximum absolute atomic E-state index is 4.70. The van der Waals surface area contributed by atoms with Crippen LogP contribution in [0.15, 0.2) is 64.9 Å². The number of para-hydroxylation sites is 1. The molecule has 1 aromatic heterocycles. The zero-order valence-corrected chi connectivity index (χ0v) is 13.4. The molecule has 4 heteroatoms. The molecule has 0 atom stereocenters. The highest BCUT2D eigenvalue weighted by molar-refractivity contribution is 7.98. The summed E-state index contributed by atoms with van der Waals surface area (Å²) in [6.07, 6.45) is 2.09. The van der Waals surface area contributed by atoms with Crippen LogP contribution in [0.25, 0.3) is 11.3 Å². The molecule has 0 unspecified atom stereocenters. The van der Waals surface area contributed by atoms with Crippen molar-refractivity contribution in [3.05, 3.63) is 65.0 Å². The number of nitrogens with one attached hydrogen (secondary N) is 1. The molecule has 0 saturated heterocycles. The Morgan fingerprint density at radius 1 is 1.05 bits per heavy atom. The fourth-order valence-electron chi connectivity index (χ4n) is 2.10. The van der Waals surface area contributed by atoms with Crippen LogP contribution in [0.2, 0.25) is 0 Å². The largest absolute Gasteiger partial charge is 0.378 e. The summed E-state index contributed by atoms with van der Waals surface area (Å²) in [6.45, 7) is 0.759. The molecule has 0 amide bonds. The highest BCUT2D eigenvalue weighted by Gasteiger charge is 2.05. The predicted octanol–water partition coefficient (Wildman–Crippen LogP) is 5.14. The van der Waals surface area contributed by atoms with E-state index in [4.69, 9.17) is 4.98 Å². The van der Waals surface area contributed by atoms with Gasteiger partial charge < -0.3 is 5.32 Å². The molecule has 106 valence electrons. The number of benzene rings is 2. The van der Waals surface area contributed by atoms with E-state index in [1.165, 1.54) is 16.1 Å². The van der Waals surface area contributed by atoms with Crippen molar-refractivity contribution in [2.24, 2.45) is 0 Å². The van der Waals surface area contributed by atoms with Crippen LogP contribution >= 0.6 is 23.1 Å². The topological polar surface area (TPSA) is 24.9 Å². The second-order valence-electron chi connectivity index (χ2n) is 4.55. The molecule has 3 aromatic rings. The maximum Gasteiger partial charge on any atom is 0.112 e. The van der Waals surface area contributed by atoms with Crippen molar-refractivity contribution >= 4 is 28.8 Å². The highest BCUT2D eigenvalue weighted by Crippen LogP contribution is 2.26. The first-order valence-corrected chi connectivity index (χ1v) is 8.84. The molecule has 0 radical (unpaired) electrons. The number of rotatable bonds is 5. The van der Waals surface area contributed by atoms with Crippen molar-refractivity contribution in [3.63, 3.8) is 0 Å². The lowest BCUT2D eigenvalue weighted by molar-refractivity contribution is 1.09. The molecule has 2 nitrogen and oxygen atoms in total. The van der Waals surface area contributed by atoms with Crippen molar-refractivity contribution in [2.45, 2.75) is 11.4 Å². The maximum atomic E-state index is 4.70. The van der Waals surface area contributed by atoms with Gasteiger partial charge in [-0.25, -0.2) is 4.98 Å². The molecule has 0 fully saturated rings. The van der Waals surface area contributed by atoms with Crippen molar-refractivity contribution in [1.82, 2.24) is 4.98 Å². The Hall–Kier alpha value is -1.78. The molecule has 0 spiro atoms. The molecule has 0 saturated carbocycles. The molecular formula is C17H16N2S2. The SMILES string of the molecule is CSc1ccccc1NCc1nc(-c2ccccc2)cs1. The van der Waals surface area contributed by atoms with Crippen LogP contribution in [0.5, 0.6) is 0 Å². The summed E-state index contributed by atoms with van der Waals surface area (Å²) in [5.41, 5.74) is 3.39. The minimum absolute atomic E-state index is 0.759. The van der Waals surface area contributed by atoms with Crippen LogP contribution in [-0.2, 0) is 6.54 Å². The summed E-state index contributed by atoms with van der Waals surface area (Å²) in [6, 6.07) is 18.7. The Balaban J connectivity index is 1.71. The summed E-state index contributed by atoms with van der Waals surface area (Å²) in [7, 11) is 0. The smallest absolute Gasteiger partial charge is 0.112 e. The quantitative estimate of drug-likeness (QED) is 0.660. The van der Waals surface area contributed by atoms with Crippen LogP contribution in [0.4, 0.5) is 5.69 Å². The van der Waals surface area contributed by atoms with Crippen LogP contribution in [0.3, 0.4) is 0 Å². The number of thioether (sulfide) groups is 1. The summed E-state index contributed by atoms with van der Waals surface area (Å²) in [4.78, 5) is 5.96. The zero-order chi connectivity index (χ0) is 14.5. The molecule has 0 aliphatic heterocycles. The summed E-state index contributed by atoms with van der Waals surface area (Å²) >= 11 is 3.45. The van der Waals surface area contributed by atoms with Gasteiger partial charge in [0.05, 0.1) is 12.2 Å². The van der Waals surface area contributed by atoms with Gasteiger partial charge in [-0.3, -0.25) is 0 Å². The molecule has 0 bridgehead atoms. The monoisotopic (exact) mass is 312 g/mol. The van der Waals surface area contributed by atoms with Crippen LogP contribution < -0.4 is 5.32 Å². The number of hydrogen-bond acceptors (Lipinski definition) is 4. The minimum atomic E-state index is 0.759. The Morgan fingerprint density at radius 2 is 1.81 bits per heavy atom. The molecule has 1 heterocycles. The summed E-state index contributed by atoms with van der Waals surface area (Å²) < 4.78 is 0. The van der Waals surface area contributed by atoms with Crippen molar-refractivity contribution < 1.29 is 0 Å². The van der Waals surface area contributed by atoms with Gasteiger partial charge in [-0.15, -0.1) is 23.1 Å². The first-order chi connectivity index (χ1) is 10.4. The third-order valence-electron chi connectivity index (χ3n) is 3.16. The van der Waals surface area contributed by atoms with E-state index in [0.717, 1.165) is 17.2 Å². The highest BCUT2D eigenvalue weighted by atomic mass is 32.2. The second kappa shape index (κ2) is 6.78. The van der Waals surface area contributed by atoms with Gasteiger partial charge >= 0.3 is 0 Å². The van der Waals surface area contributed by atoms with E-state index in [2.05, 4.69) is 53.4 Å². The second-order valence-corrected chi connectivity index (χ2v) is 6.34. The minimum Gasteiger partial charge on any atom is -0.378 e. The average Bonchev–Trinajstić information content (AvgIpc) is 3.03. The van der Waals surface area contributed by atoms with Crippen LogP contribution in [-0.4, -0.2) is 11.2 Å². The van der Waals surface area contributed by atoms with Gasteiger partial charge in [0.2, 0.25) is 0 Å². The van der Waals surface area contributed by atoms with Gasteiger partial charge in [0.25, 0.3) is 0 Å². The number of thiazole rings is 1. The van der Waals surface area contributed by atoms with Gasteiger partial charge in [-0.05, 0) is 18.4 Å². The van der Waals surface area contributed by atoms with E-state index in [-0.39, 0.29) is 0 Å². The number of hydrogen-bond donors (Lipinski definition) is 1. The predicted molar refractivity (Wildman–Crippen MR) is 93.1 cm³/mol. The van der Waals surface area contributed by atoms with Gasteiger partial charge in [0, 0.05) is 21.5 Å². The van der Waals surface area contributed by atoms with E-state index < -0.39 is 0 Å². The Morgan fingerprint density at radius 3 is 2.62 bits per heavy atom. The number of aromatic nitrogens is 1. The third-order valence-corrected chi connectivity index (χ3v) is 4.80. The number of nitrogens with zero attached hydrogens (tertiary/aromatic N) is 1. The third kappa shape index (κ3) is 3.46. The standard InChI is InChI=1S/C17H16N2S2/c1-20-16-10-6-5-9-14(16)18-11-17-19-15(12-21-17)13-7-3-2-4-8-13/h2-10,12,18H,11H2,1H3. The van der Waals surface area contributed by atoms with E-state index in [0.29, 0.717) is 0 Å². The van der Waals surface area contributed by atoms with Gasteiger partial charge in [-0.2, -0.15) is 0 Å². The Bertz CT molecular complexity index is 708. The van der Waals surface area contributed by atoms with E-state index >= 15 is 0 Å². The zero-order valence-electron chi connectivity index (χ0n) is 11.7. The molecule has 2 aromatic carbocycles. The lowest BCUT2D eigenvalue weighted by Crippen LogP contribution is -2.00. The van der Waals surface area contributed by atoms with E-state index in [1.54, 1.807) is 23.1 Å². The van der Waals surface area contributed by atoms with E-state index in [9.17, 15) is 0 Å². The lowest BCUT2D eigenvalue weighted by Gasteiger charge is -2.08. The summed E-state index contributed by atoms with van der Waals surface area (Å²) in [5.74, 6) is 0. The van der Waals surface area contributed by atoms with Crippen LogP contribution in [0.1, 0.15) is 5.01 Å². The van der Waals surface area contributed by atoms with Gasteiger partial charge in [-0.1, -0.05) is 42.5 Å².